The van der Waals surface area contributed by atoms with Gasteiger partial charge in [-0.15, -0.1) is 0 Å². The molecule has 132 valence electrons. The number of aryl methyl sites for hydroxylation is 1. The van der Waals surface area contributed by atoms with Crippen molar-refractivity contribution < 1.29 is 13.2 Å². The third kappa shape index (κ3) is 5.39. The van der Waals surface area contributed by atoms with E-state index < -0.39 is 15.9 Å². The number of carbonyl (C=O) groups is 1. The van der Waals surface area contributed by atoms with Gasteiger partial charge in [0.25, 0.3) is 5.91 Å². The lowest BCUT2D eigenvalue weighted by Crippen LogP contribution is -2.39. The Hall–Kier alpha value is -2.74. The molecule has 0 spiro atoms. The van der Waals surface area contributed by atoms with E-state index in [-0.39, 0.29) is 6.54 Å². The summed E-state index contributed by atoms with van der Waals surface area (Å²) in [5, 5.41) is 3.84. The van der Waals surface area contributed by atoms with E-state index in [1.807, 2.05) is 19.1 Å². The van der Waals surface area contributed by atoms with Crippen molar-refractivity contribution >= 4 is 27.8 Å². The van der Waals surface area contributed by atoms with Crippen LogP contribution in [0.15, 0.2) is 53.9 Å². The van der Waals surface area contributed by atoms with Crippen molar-refractivity contribution in [1.29, 1.82) is 0 Å². The lowest BCUT2D eigenvalue weighted by molar-refractivity contribution is -0.119. The number of anilines is 1. The summed E-state index contributed by atoms with van der Waals surface area (Å²) < 4.78 is 25.3. The fraction of sp³-hybridized carbons (Fsp3) is 0.235. The monoisotopic (exact) mass is 360 g/mol. The van der Waals surface area contributed by atoms with Crippen LogP contribution in [-0.2, 0) is 21.2 Å². The predicted octanol–water partition coefficient (Wildman–Crippen LogP) is 1.56. The predicted molar refractivity (Wildman–Crippen MR) is 98.0 cm³/mol. The molecule has 0 atom stereocenters. The fourth-order valence-electron chi connectivity index (χ4n) is 2.23. The van der Waals surface area contributed by atoms with Gasteiger partial charge in [0, 0.05) is 12.4 Å². The fourth-order valence-corrected chi connectivity index (χ4v) is 3.12. The average molecular weight is 360 g/mol. The molecule has 1 heterocycles. The van der Waals surface area contributed by atoms with E-state index in [4.69, 9.17) is 0 Å². The van der Waals surface area contributed by atoms with E-state index in [2.05, 4.69) is 15.5 Å². The Morgan fingerprint density at radius 3 is 2.56 bits per heavy atom. The Morgan fingerprint density at radius 2 is 1.92 bits per heavy atom. The molecule has 2 aromatic rings. The number of hydrazone groups is 1. The first-order chi connectivity index (χ1) is 11.9. The minimum atomic E-state index is -3.61. The molecule has 1 N–H and O–H groups in total. The van der Waals surface area contributed by atoms with Crippen molar-refractivity contribution in [1.82, 2.24) is 10.4 Å². The minimum Gasteiger partial charge on any atom is -0.271 e. The van der Waals surface area contributed by atoms with Gasteiger partial charge in [-0.25, -0.2) is 13.8 Å². The maximum atomic E-state index is 12.1. The Morgan fingerprint density at radius 1 is 1.24 bits per heavy atom. The van der Waals surface area contributed by atoms with Crippen molar-refractivity contribution in [2.45, 2.75) is 13.3 Å². The van der Waals surface area contributed by atoms with Gasteiger partial charge in [0.15, 0.2) is 0 Å². The highest BCUT2D eigenvalue weighted by Gasteiger charge is 2.22. The molecule has 0 bridgehead atoms. The third-order valence-electron chi connectivity index (χ3n) is 3.44. The van der Waals surface area contributed by atoms with Crippen LogP contribution in [0.5, 0.6) is 0 Å². The lowest BCUT2D eigenvalue weighted by Gasteiger charge is -2.23. The van der Waals surface area contributed by atoms with Gasteiger partial charge in [-0.3, -0.25) is 14.1 Å². The SMILES string of the molecule is CCc1ccccc1N(CC(=O)N/N=C\c1ccncc1)S(C)(=O)=O. The van der Waals surface area contributed by atoms with Crippen LogP contribution in [0.4, 0.5) is 5.69 Å². The van der Waals surface area contributed by atoms with Gasteiger partial charge in [-0.1, -0.05) is 25.1 Å². The zero-order chi connectivity index (χ0) is 18.3. The molecule has 0 saturated carbocycles. The second-order valence-corrected chi connectivity index (χ2v) is 7.23. The van der Waals surface area contributed by atoms with E-state index in [0.717, 1.165) is 21.7 Å². The molecule has 0 aliphatic rings. The number of pyridine rings is 1. The molecule has 0 fully saturated rings. The highest BCUT2D eigenvalue weighted by Crippen LogP contribution is 2.23. The van der Waals surface area contributed by atoms with E-state index in [9.17, 15) is 13.2 Å². The molecule has 8 heteroatoms. The number of carbonyl (C=O) groups excluding carboxylic acids is 1. The third-order valence-corrected chi connectivity index (χ3v) is 4.56. The van der Waals surface area contributed by atoms with E-state index in [1.165, 1.54) is 6.21 Å². The van der Waals surface area contributed by atoms with Crippen molar-refractivity contribution in [3.8, 4) is 0 Å². The Labute approximate surface area is 147 Å². The topological polar surface area (TPSA) is 91.7 Å². The largest absolute Gasteiger partial charge is 0.271 e. The Kier molecular flexibility index (Phi) is 6.24. The van der Waals surface area contributed by atoms with Gasteiger partial charge in [0.1, 0.15) is 6.54 Å². The number of benzene rings is 1. The molecule has 2 rings (SSSR count). The molecule has 1 amide bonds. The Bertz CT molecular complexity index is 851. The molecular formula is C17H20N4O3S. The van der Waals surface area contributed by atoms with Crippen molar-refractivity contribution in [2.24, 2.45) is 5.10 Å². The molecule has 0 saturated heterocycles. The number of hydrogen-bond acceptors (Lipinski definition) is 5. The first-order valence-electron chi connectivity index (χ1n) is 7.69. The maximum absolute atomic E-state index is 12.1. The van der Waals surface area contributed by atoms with Crippen molar-refractivity contribution in [3.05, 3.63) is 59.9 Å². The van der Waals surface area contributed by atoms with Crippen LogP contribution in [0.2, 0.25) is 0 Å². The number of nitrogens with one attached hydrogen (secondary N) is 1. The standard InChI is InChI=1S/C17H20N4O3S/c1-3-15-6-4-5-7-16(15)21(25(2,23)24)13-17(22)20-19-12-14-8-10-18-11-9-14/h4-12H,3,13H2,1-2H3,(H,20,22)/b19-12-. The quantitative estimate of drug-likeness (QED) is 0.599. The first-order valence-corrected chi connectivity index (χ1v) is 9.54. The molecule has 0 unspecified atom stereocenters. The molecule has 7 nitrogen and oxygen atoms in total. The highest BCUT2D eigenvalue weighted by atomic mass is 32.2. The van der Waals surface area contributed by atoms with E-state index in [0.29, 0.717) is 12.1 Å². The first kappa shape index (κ1) is 18.6. The van der Waals surface area contributed by atoms with E-state index >= 15 is 0 Å². The number of sulfonamides is 1. The number of amides is 1. The maximum Gasteiger partial charge on any atom is 0.260 e. The smallest absolute Gasteiger partial charge is 0.260 e. The second kappa shape index (κ2) is 8.39. The van der Waals surface area contributed by atoms with Crippen LogP contribution in [-0.4, -0.2) is 38.3 Å². The number of rotatable bonds is 7. The average Bonchev–Trinajstić information content (AvgIpc) is 2.59. The number of nitrogens with zero attached hydrogens (tertiary/aromatic N) is 3. The molecule has 1 aromatic heterocycles. The van der Waals surface area contributed by atoms with Crippen LogP contribution < -0.4 is 9.73 Å². The molecule has 1 aromatic carbocycles. The van der Waals surface area contributed by atoms with Crippen LogP contribution in [0, 0.1) is 0 Å². The lowest BCUT2D eigenvalue weighted by atomic mass is 10.1. The van der Waals surface area contributed by atoms with Crippen LogP contribution in [0.1, 0.15) is 18.1 Å². The normalized spacial score (nSPS) is 11.4. The van der Waals surface area contributed by atoms with Gasteiger partial charge in [-0.2, -0.15) is 5.10 Å². The summed E-state index contributed by atoms with van der Waals surface area (Å²) in [6.07, 6.45) is 6.41. The zero-order valence-electron chi connectivity index (χ0n) is 14.1. The van der Waals surface area contributed by atoms with E-state index in [1.54, 1.807) is 36.7 Å². The summed E-state index contributed by atoms with van der Waals surface area (Å²) in [7, 11) is -3.61. The molecular weight excluding hydrogens is 340 g/mol. The summed E-state index contributed by atoms with van der Waals surface area (Å²) >= 11 is 0. The van der Waals surface area contributed by atoms with Gasteiger partial charge in [-0.05, 0) is 35.7 Å². The summed E-state index contributed by atoms with van der Waals surface area (Å²) in [6, 6.07) is 10.6. The molecule has 25 heavy (non-hydrogen) atoms. The van der Waals surface area contributed by atoms with Crippen LogP contribution in [0.25, 0.3) is 0 Å². The Balaban J connectivity index is 2.12. The van der Waals surface area contributed by atoms with Crippen LogP contribution in [0.3, 0.4) is 0 Å². The zero-order valence-corrected chi connectivity index (χ0v) is 14.9. The van der Waals surface area contributed by atoms with Gasteiger partial charge >= 0.3 is 0 Å². The summed E-state index contributed by atoms with van der Waals surface area (Å²) in [5.74, 6) is -0.526. The molecule has 0 aliphatic carbocycles. The van der Waals surface area contributed by atoms with Crippen molar-refractivity contribution in [2.75, 3.05) is 17.1 Å². The highest BCUT2D eigenvalue weighted by molar-refractivity contribution is 7.92. The van der Waals surface area contributed by atoms with Crippen molar-refractivity contribution in [3.63, 3.8) is 0 Å². The molecule has 0 radical (unpaired) electrons. The minimum absolute atomic E-state index is 0.344. The van der Waals surface area contributed by atoms with Crippen LogP contribution >= 0.6 is 0 Å². The number of aromatic nitrogens is 1. The number of para-hydroxylation sites is 1. The summed E-state index contributed by atoms with van der Waals surface area (Å²) in [4.78, 5) is 16.0. The molecule has 0 aliphatic heterocycles. The summed E-state index contributed by atoms with van der Waals surface area (Å²) in [6.45, 7) is 1.59. The number of hydrogen-bond donors (Lipinski definition) is 1. The van der Waals surface area contributed by atoms with Gasteiger partial charge in [0.05, 0.1) is 18.2 Å². The van der Waals surface area contributed by atoms with Gasteiger partial charge < -0.3 is 0 Å². The summed E-state index contributed by atoms with van der Waals surface area (Å²) in [5.41, 5.74) is 4.46. The van der Waals surface area contributed by atoms with Gasteiger partial charge in [0.2, 0.25) is 10.0 Å². The second-order valence-electron chi connectivity index (χ2n) is 5.33.